The third kappa shape index (κ3) is 4.04. The number of azo groups is 1. The van der Waals surface area contributed by atoms with Crippen LogP contribution in [-0.2, 0) is 0 Å². The van der Waals surface area contributed by atoms with Crippen molar-refractivity contribution in [3.63, 3.8) is 0 Å². The van der Waals surface area contributed by atoms with Crippen LogP contribution in [0.4, 0.5) is 0 Å². The number of rotatable bonds is 2. The molecule has 0 spiro atoms. The highest BCUT2D eigenvalue weighted by Gasteiger charge is 1.78. The van der Waals surface area contributed by atoms with Crippen molar-refractivity contribution < 1.29 is 0 Å². The van der Waals surface area contributed by atoms with Crippen molar-refractivity contribution in [3.05, 3.63) is 9.90 Å². The number of nitrogens with one attached hydrogen (secondary N) is 1. The zero-order chi connectivity index (χ0) is 6.41. The van der Waals surface area contributed by atoms with Gasteiger partial charge in [-0.3, -0.25) is 0 Å². The first kappa shape index (κ1) is 7.87. The number of halogens is 1. The Kier molecular flexibility index (Phi) is 4.93. The first-order chi connectivity index (χ1) is 3.81. The lowest BCUT2D eigenvalue weighted by atomic mass is 10.9. The molecule has 0 aromatic rings. The second-order valence-corrected chi connectivity index (χ2v) is 2.16. The van der Waals surface area contributed by atoms with Crippen LogP contribution in [-0.4, -0.2) is 14.1 Å². The molecule has 0 aromatic carbocycles. The maximum Gasteiger partial charge on any atom is 0.139 e. The average Bonchev–Trinajstić information content (AvgIpc) is 1.68. The Hall–Kier alpha value is -0.130. The fraction of sp³-hybridized carbons (Fsp3) is 0.500. The molecule has 1 N–H and O–H groups in total. The molecule has 4 heteroatoms. The van der Waals surface area contributed by atoms with Crippen LogP contribution in [0.2, 0.25) is 0 Å². The summed E-state index contributed by atoms with van der Waals surface area (Å²) in [5, 5.41) is 10.1. The molecule has 0 bridgehead atoms. The van der Waals surface area contributed by atoms with E-state index in [4.69, 9.17) is 0 Å². The largest absolute Gasteiger partial charge is 0.392 e. The quantitative estimate of drug-likeness (QED) is 0.431. The van der Waals surface area contributed by atoms with Crippen molar-refractivity contribution in [2.45, 2.75) is 0 Å². The van der Waals surface area contributed by atoms with Crippen LogP contribution in [0.25, 0.3) is 0 Å². The molecule has 0 radical (unpaired) electrons. The van der Waals surface area contributed by atoms with E-state index in [1.165, 1.54) is 0 Å². The Balaban J connectivity index is 3.61. The van der Waals surface area contributed by atoms with E-state index >= 15 is 0 Å². The lowest BCUT2D eigenvalue weighted by molar-refractivity contribution is 1.06. The highest BCUT2D eigenvalue weighted by Crippen LogP contribution is 2.04. The molecule has 0 aliphatic rings. The Labute approximate surface area is 62.4 Å². The normalized spacial score (nSPS) is 12.6. The van der Waals surface area contributed by atoms with Crippen LogP contribution >= 0.6 is 22.6 Å². The minimum atomic E-state index is 0.854. The lowest BCUT2D eigenvalue weighted by Crippen LogP contribution is -1.91. The third-order valence-electron chi connectivity index (χ3n) is 0.459. The fourth-order valence-electron chi connectivity index (χ4n) is 0.244. The SMILES string of the molecule is C/N=N\C(I)=C/NC. The molecule has 0 aliphatic heterocycles. The van der Waals surface area contributed by atoms with Gasteiger partial charge in [-0.2, -0.15) is 5.11 Å². The molecule has 0 fully saturated rings. The van der Waals surface area contributed by atoms with Gasteiger partial charge in [0.2, 0.25) is 0 Å². The second kappa shape index (κ2) is 5.02. The summed E-state index contributed by atoms with van der Waals surface area (Å²) in [5.74, 6) is 0. The van der Waals surface area contributed by atoms with Gasteiger partial charge in [0.15, 0.2) is 0 Å². The molecular weight excluding hydrogens is 217 g/mol. The van der Waals surface area contributed by atoms with Gasteiger partial charge in [0.1, 0.15) is 3.70 Å². The standard InChI is InChI=1S/C4H8IN3/c1-6-3-4(5)8-7-2/h3,6H,1-2H3/b4-3-,8-7-. The van der Waals surface area contributed by atoms with Crippen LogP contribution in [0.3, 0.4) is 0 Å². The summed E-state index contributed by atoms with van der Waals surface area (Å²) in [6.45, 7) is 0. The fourth-order valence-corrected chi connectivity index (χ4v) is 0.771. The van der Waals surface area contributed by atoms with E-state index in [0.717, 1.165) is 3.70 Å². The molecular formula is C4H8IN3. The number of nitrogens with zero attached hydrogens (tertiary/aromatic N) is 2. The minimum Gasteiger partial charge on any atom is -0.392 e. The highest BCUT2D eigenvalue weighted by molar-refractivity contribution is 14.1. The van der Waals surface area contributed by atoms with Gasteiger partial charge in [-0.05, 0) is 22.6 Å². The Morgan fingerprint density at radius 1 is 1.75 bits per heavy atom. The smallest absolute Gasteiger partial charge is 0.139 e. The topological polar surface area (TPSA) is 36.8 Å². The van der Waals surface area contributed by atoms with Crippen LogP contribution in [0.15, 0.2) is 20.1 Å². The molecule has 0 rings (SSSR count). The van der Waals surface area contributed by atoms with Gasteiger partial charge >= 0.3 is 0 Å². The van der Waals surface area contributed by atoms with Crippen LogP contribution in [0.5, 0.6) is 0 Å². The summed E-state index contributed by atoms with van der Waals surface area (Å²) in [7, 11) is 3.46. The zero-order valence-corrected chi connectivity index (χ0v) is 7.01. The van der Waals surface area contributed by atoms with E-state index < -0.39 is 0 Å². The summed E-state index contributed by atoms with van der Waals surface area (Å²) in [6.07, 6.45) is 1.77. The Morgan fingerprint density at radius 2 is 2.38 bits per heavy atom. The maximum absolute atomic E-state index is 3.72. The third-order valence-corrected chi connectivity index (χ3v) is 0.986. The second-order valence-electron chi connectivity index (χ2n) is 1.06. The number of hydrogen-bond donors (Lipinski definition) is 1. The highest BCUT2D eigenvalue weighted by atomic mass is 127. The van der Waals surface area contributed by atoms with E-state index in [1.807, 2.05) is 7.05 Å². The van der Waals surface area contributed by atoms with Gasteiger partial charge in [-0.15, -0.1) is 5.11 Å². The van der Waals surface area contributed by atoms with Crippen molar-refractivity contribution >= 4 is 22.6 Å². The molecule has 8 heavy (non-hydrogen) atoms. The molecule has 0 amide bonds. The lowest BCUT2D eigenvalue weighted by Gasteiger charge is -1.84. The molecule has 0 atom stereocenters. The van der Waals surface area contributed by atoms with Crippen molar-refractivity contribution in [1.29, 1.82) is 0 Å². The van der Waals surface area contributed by atoms with E-state index in [2.05, 4.69) is 38.1 Å². The van der Waals surface area contributed by atoms with Crippen molar-refractivity contribution in [3.8, 4) is 0 Å². The van der Waals surface area contributed by atoms with Crippen LogP contribution < -0.4 is 5.32 Å². The van der Waals surface area contributed by atoms with Gasteiger partial charge in [0.05, 0.1) is 0 Å². The predicted octanol–water partition coefficient (Wildman–Crippen LogP) is 1.52. The zero-order valence-electron chi connectivity index (χ0n) is 4.85. The predicted molar refractivity (Wildman–Crippen MR) is 41.9 cm³/mol. The Morgan fingerprint density at radius 3 is 2.75 bits per heavy atom. The van der Waals surface area contributed by atoms with Gasteiger partial charge in [0, 0.05) is 20.3 Å². The van der Waals surface area contributed by atoms with Crippen molar-refractivity contribution in [1.82, 2.24) is 5.32 Å². The van der Waals surface area contributed by atoms with E-state index in [1.54, 1.807) is 13.2 Å². The van der Waals surface area contributed by atoms with Gasteiger partial charge in [-0.25, -0.2) is 0 Å². The van der Waals surface area contributed by atoms with E-state index in [0.29, 0.717) is 0 Å². The van der Waals surface area contributed by atoms with Gasteiger partial charge < -0.3 is 5.32 Å². The summed E-state index contributed by atoms with van der Waals surface area (Å²) in [5.41, 5.74) is 0. The average molecular weight is 225 g/mol. The summed E-state index contributed by atoms with van der Waals surface area (Å²) in [6, 6.07) is 0. The van der Waals surface area contributed by atoms with E-state index in [9.17, 15) is 0 Å². The first-order valence-corrected chi connectivity index (χ1v) is 3.22. The molecule has 0 saturated heterocycles. The summed E-state index contributed by atoms with van der Waals surface area (Å²) >= 11 is 2.08. The number of hydrogen-bond acceptors (Lipinski definition) is 3. The molecule has 3 nitrogen and oxygen atoms in total. The molecule has 0 aliphatic carbocycles. The first-order valence-electron chi connectivity index (χ1n) is 2.14. The molecule has 0 unspecified atom stereocenters. The Bertz CT molecular complexity index is 108. The monoisotopic (exact) mass is 225 g/mol. The van der Waals surface area contributed by atoms with Crippen LogP contribution in [0.1, 0.15) is 0 Å². The minimum absolute atomic E-state index is 0.854. The van der Waals surface area contributed by atoms with Gasteiger partial charge in [-0.1, -0.05) is 0 Å². The molecule has 0 heterocycles. The molecule has 46 valence electrons. The summed E-state index contributed by atoms with van der Waals surface area (Å²) < 4.78 is 0.854. The van der Waals surface area contributed by atoms with Crippen LogP contribution in [0, 0.1) is 0 Å². The van der Waals surface area contributed by atoms with Gasteiger partial charge in [0.25, 0.3) is 0 Å². The molecule has 0 saturated carbocycles. The maximum atomic E-state index is 3.72. The van der Waals surface area contributed by atoms with Crippen molar-refractivity contribution in [2.75, 3.05) is 14.1 Å². The summed E-state index contributed by atoms with van der Waals surface area (Å²) in [4.78, 5) is 0. The van der Waals surface area contributed by atoms with E-state index in [-0.39, 0.29) is 0 Å². The molecule has 0 aromatic heterocycles. The van der Waals surface area contributed by atoms with Crippen molar-refractivity contribution in [2.24, 2.45) is 10.2 Å².